The number of anilines is 2. The summed E-state index contributed by atoms with van der Waals surface area (Å²) in [6, 6.07) is 17.3. The lowest BCUT2D eigenvalue weighted by Gasteiger charge is -2.19. The molecule has 0 unspecified atom stereocenters. The number of ether oxygens (including phenoxy) is 1. The van der Waals surface area contributed by atoms with Crippen molar-refractivity contribution in [2.24, 2.45) is 0 Å². The van der Waals surface area contributed by atoms with Gasteiger partial charge in [0.1, 0.15) is 11.4 Å². The number of carbonyl (C=O) groups excluding carboxylic acids is 2. The first-order chi connectivity index (χ1) is 18.0. The SMILES string of the molecule is COc1ccc(NC(=O)CSc2nc3ccc(NC(=O)c4ccc(C(C)(C)C)cc4)cc3s2)c([N+](=O)[O-])c1. The van der Waals surface area contributed by atoms with E-state index in [0.717, 1.165) is 15.8 Å². The van der Waals surface area contributed by atoms with Crippen LogP contribution in [0.15, 0.2) is 65.0 Å². The number of aromatic nitrogens is 1. The average Bonchev–Trinajstić information content (AvgIpc) is 3.29. The number of fused-ring (bicyclic) bond motifs is 1. The lowest BCUT2D eigenvalue weighted by Crippen LogP contribution is -2.15. The van der Waals surface area contributed by atoms with Crippen molar-refractivity contribution in [2.75, 3.05) is 23.5 Å². The fourth-order valence-corrected chi connectivity index (χ4v) is 5.48. The Labute approximate surface area is 227 Å². The van der Waals surface area contributed by atoms with Gasteiger partial charge in [0.2, 0.25) is 5.91 Å². The van der Waals surface area contributed by atoms with E-state index in [0.29, 0.717) is 21.3 Å². The summed E-state index contributed by atoms with van der Waals surface area (Å²) in [6.45, 7) is 6.37. The Kier molecular flexibility index (Phi) is 7.98. The maximum absolute atomic E-state index is 12.7. The van der Waals surface area contributed by atoms with Gasteiger partial charge in [-0.2, -0.15) is 0 Å². The van der Waals surface area contributed by atoms with Gasteiger partial charge in [-0.25, -0.2) is 4.98 Å². The van der Waals surface area contributed by atoms with Crippen LogP contribution in [0.5, 0.6) is 5.75 Å². The van der Waals surface area contributed by atoms with E-state index in [-0.39, 0.29) is 28.4 Å². The van der Waals surface area contributed by atoms with Gasteiger partial charge in [0.15, 0.2) is 4.34 Å². The maximum Gasteiger partial charge on any atom is 0.296 e. The monoisotopic (exact) mass is 550 g/mol. The predicted molar refractivity (Wildman–Crippen MR) is 152 cm³/mol. The summed E-state index contributed by atoms with van der Waals surface area (Å²) in [5, 5.41) is 16.8. The fourth-order valence-electron chi connectivity index (χ4n) is 3.58. The first kappa shape index (κ1) is 27.1. The molecule has 0 atom stereocenters. The highest BCUT2D eigenvalue weighted by atomic mass is 32.2. The Bertz CT molecular complexity index is 1510. The third-order valence-electron chi connectivity index (χ3n) is 5.64. The Hall–Kier alpha value is -3.96. The highest BCUT2D eigenvalue weighted by molar-refractivity contribution is 8.01. The number of nitro groups is 1. The summed E-state index contributed by atoms with van der Waals surface area (Å²) in [4.78, 5) is 40.5. The molecule has 1 aromatic heterocycles. The molecule has 0 aliphatic carbocycles. The van der Waals surface area contributed by atoms with Crippen LogP contribution in [-0.2, 0) is 10.2 Å². The molecule has 0 aliphatic heterocycles. The normalized spacial score (nSPS) is 11.3. The molecular weight excluding hydrogens is 524 g/mol. The zero-order chi connectivity index (χ0) is 27.4. The number of nitro benzene ring substituents is 1. The number of hydrogen-bond donors (Lipinski definition) is 2. The summed E-state index contributed by atoms with van der Waals surface area (Å²) in [5.41, 5.74) is 2.98. The molecule has 0 bridgehead atoms. The van der Waals surface area contributed by atoms with E-state index >= 15 is 0 Å². The molecule has 196 valence electrons. The lowest BCUT2D eigenvalue weighted by atomic mass is 9.87. The number of methoxy groups -OCH3 is 1. The molecule has 11 heteroatoms. The molecule has 1 heterocycles. The number of hydrogen-bond acceptors (Lipinski definition) is 8. The van der Waals surface area contributed by atoms with Crippen LogP contribution in [0.4, 0.5) is 17.1 Å². The van der Waals surface area contributed by atoms with Gasteiger partial charge in [0, 0.05) is 11.3 Å². The minimum Gasteiger partial charge on any atom is -0.496 e. The van der Waals surface area contributed by atoms with Crippen LogP contribution in [0.25, 0.3) is 10.2 Å². The predicted octanol–water partition coefficient (Wildman–Crippen LogP) is 6.49. The minimum atomic E-state index is -0.573. The van der Waals surface area contributed by atoms with E-state index in [1.807, 2.05) is 36.4 Å². The topological polar surface area (TPSA) is 123 Å². The molecule has 0 saturated carbocycles. The number of benzene rings is 3. The first-order valence-corrected chi connectivity index (χ1v) is 13.4. The molecule has 4 aromatic rings. The van der Waals surface area contributed by atoms with Gasteiger partial charge >= 0.3 is 0 Å². The molecule has 0 spiro atoms. The highest BCUT2D eigenvalue weighted by Crippen LogP contribution is 2.33. The Morgan fingerprint density at radius 3 is 2.45 bits per heavy atom. The number of thioether (sulfide) groups is 1. The third-order valence-corrected chi connectivity index (χ3v) is 7.80. The molecule has 38 heavy (non-hydrogen) atoms. The second kappa shape index (κ2) is 11.2. The van der Waals surface area contributed by atoms with Gasteiger partial charge in [0.05, 0.1) is 34.1 Å². The van der Waals surface area contributed by atoms with Crippen molar-refractivity contribution in [1.29, 1.82) is 0 Å². The van der Waals surface area contributed by atoms with Gasteiger partial charge in [-0.3, -0.25) is 19.7 Å². The van der Waals surface area contributed by atoms with E-state index in [1.165, 1.54) is 42.3 Å². The summed E-state index contributed by atoms with van der Waals surface area (Å²) in [5.74, 6) is -0.245. The van der Waals surface area contributed by atoms with Crippen molar-refractivity contribution in [1.82, 2.24) is 4.98 Å². The van der Waals surface area contributed by atoms with Gasteiger partial charge < -0.3 is 15.4 Å². The van der Waals surface area contributed by atoms with Crippen molar-refractivity contribution >= 4 is 62.2 Å². The number of nitrogens with zero attached hydrogens (tertiary/aromatic N) is 2. The minimum absolute atomic E-state index is 0.0102. The summed E-state index contributed by atoms with van der Waals surface area (Å²) < 4.78 is 6.54. The van der Waals surface area contributed by atoms with Crippen LogP contribution in [0, 0.1) is 10.1 Å². The van der Waals surface area contributed by atoms with Gasteiger partial charge in [-0.05, 0) is 53.4 Å². The van der Waals surface area contributed by atoms with E-state index in [1.54, 1.807) is 12.1 Å². The van der Waals surface area contributed by atoms with Crippen molar-refractivity contribution in [3.8, 4) is 5.75 Å². The Morgan fingerprint density at radius 2 is 1.79 bits per heavy atom. The molecule has 2 N–H and O–H groups in total. The molecular formula is C27H26N4O5S2. The maximum atomic E-state index is 12.7. The van der Waals surface area contributed by atoms with Gasteiger partial charge in [-0.1, -0.05) is 44.7 Å². The summed E-state index contributed by atoms with van der Waals surface area (Å²) in [6.07, 6.45) is 0. The van der Waals surface area contributed by atoms with E-state index in [4.69, 9.17) is 4.74 Å². The Balaban J connectivity index is 1.38. The number of nitrogens with one attached hydrogen (secondary N) is 2. The molecule has 0 radical (unpaired) electrons. The zero-order valence-electron chi connectivity index (χ0n) is 21.2. The van der Waals surface area contributed by atoms with Crippen molar-refractivity contribution in [3.05, 3.63) is 81.9 Å². The van der Waals surface area contributed by atoms with Gasteiger partial charge in [0.25, 0.3) is 11.6 Å². The first-order valence-electron chi connectivity index (χ1n) is 11.6. The van der Waals surface area contributed by atoms with E-state index in [9.17, 15) is 19.7 Å². The largest absolute Gasteiger partial charge is 0.496 e. The highest BCUT2D eigenvalue weighted by Gasteiger charge is 2.18. The van der Waals surface area contributed by atoms with Crippen LogP contribution in [-0.4, -0.2) is 34.6 Å². The zero-order valence-corrected chi connectivity index (χ0v) is 22.9. The molecule has 0 saturated heterocycles. The lowest BCUT2D eigenvalue weighted by molar-refractivity contribution is -0.384. The van der Waals surface area contributed by atoms with Crippen LogP contribution in [0.1, 0.15) is 36.7 Å². The number of amides is 2. The molecule has 9 nitrogen and oxygen atoms in total. The van der Waals surface area contributed by atoms with E-state index in [2.05, 4.69) is 36.4 Å². The van der Waals surface area contributed by atoms with E-state index < -0.39 is 10.8 Å². The molecule has 2 amide bonds. The summed E-state index contributed by atoms with van der Waals surface area (Å²) in [7, 11) is 1.41. The number of thiazole rings is 1. The fraction of sp³-hybridized carbons (Fsp3) is 0.222. The Morgan fingerprint density at radius 1 is 1.05 bits per heavy atom. The third kappa shape index (κ3) is 6.48. The second-order valence-corrected chi connectivity index (χ2v) is 11.7. The second-order valence-electron chi connectivity index (χ2n) is 9.42. The van der Waals surface area contributed by atoms with Crippen molar-refractivity contribution in [2.45, 2.75) is 30.5 Å². The summed E-state index contributed by atoms with van der Waals surface area (Å²) >= 11 is 2.62. The van der Waals surface area contributed by atoms with Crippen LogP contribution < -0.4 is 15.4 Å². The van der Waals surface area contributed by atoms with Crippen LogP contribution >= 0.6 is 23.1 Å². The molecule has 0 fully saturated rings. The smallest absolute Gasteiger partial charge is 0.296 e. The van der Waals surface area contributed by atoms with Crippen LogP contribution in [0.3, 0.4) is 0 Å². The average molecular weight is 551 g/mol. The van der Waals surface area contributed by atoms with Crippen LogP contribution in [0.2, 0.25) is 0 Å². The van der Waals surface area contributed by atoms with Gasteiger partial charge in [-0.15, -0.1) is 11.3 Å². The molecule has 0 aliphatic rings. The number of carbonyl (C=O) groups is 2. The molecule has 4 rings (SSSR count). The number of rotatable bonds is 8. The van der Waals surface area contributed by atoms with Crippen molar-refractivity contribution < 1.29 is 19.2 Å². The molecule has 3 aromatic carbocycles. The standard InChI is InChI=1S/C27H26N4O5S2/c1-27(2,3)17-7-5-16(6-8-17)25(33)28-18-9-11-21-23(13-18)38-26(30-21)37-15-24(32)29-20-12-10-19(36-4)14-22(20)31(34)35/h5-14H,15H2,1-4H3,(H,28,33)(H,29,32). The quantitative estimate of drug-likeness (QED) is 0.146. The van der Waals surface area contributed by atoms with Crippen molar-refractivity contribution in [3.63, 3.8) is 0 Å².